The maximum absolute atomic E-state index is 12.9. The number of nitrogens with one attached hydrogen (secondary N) is 6. The smallest absolute Gasteiger partial charge is 0.356 e. The molecule has 200 valence electrons. The summed E-state index contributed by atoms with van der Waals surface area (Å²) in [5.41, 5.74) is 8.76. The van der Waals surface area contributed by atoms with Crippen LogP contribution in [0.15, 0.2) is 0 Å². The van der Waals surface area contributed by atoms with Gasteiger partial charge in [0.05, 0.1) is 18.2 Å². The van der Waals surface area contributed by atoms with Crippen molar-refractivity contribution in [3.05, 3.63) is 0 Å². The van der Waals surface area contributed by atoms with Crippen LogP contribution in [-0.4, -0.2) is 49.6 Å². The molecule has 2 saturated heterocycles. The van der Waals surface area contributed by atoms with Gasteiger partial charge in [-0.1, -0.05) is 12.8 Å². The van der Waals surface area contributed by atoms with Gasteiger partial charge in [0.25, 0.3) is 0 Å². The Bertz CT molecular complexity index is 719. The van der Waals surface area contributed by atoms with Gasteiger partial charge in [-0.05, 0) is 63.8 Å². The monoisotopic (exact) mass is 504 g/mol. The van der Waals surface area contributed by atoms with E-state index in [0.717, 1.165) is 38.6 Å². The van der Waals surface area contributed by atoms with Crippen LogP contribution in [0.25, 0.3) is 0 Å². The first-order chi connectivity index (χ1) is 16.8. The molecule has 2 saturated carbocycles. The molecule has 6 N–H and O–H groups in total. The van der Waals surface area contributed by atoms with Gasteiger partial charge < -0.3 is 10.6 Å². The number of carbonyl (C=O) groups excluding carboxylic acids is 2. The Morgan fingerprint density at radius 1 is 1.06 bits per heavy atom. The summed E-state index contributed by atoms with van der Waals surface area (Å²) in [5, 5.41) is 9.65. The van der Waals surface area contributed by atoms with Crippen molar-refractivity contribution in [2.45, 2.75) is 95.4 Å². The fourth-order valence-corrected chi connectivity index (χ4v) is 5.94. The summed E-state index contributed by atoms with van der Waals surface area (Å²) >= 11 is 0. The number of alkyl halides is 3. The van der Waals surface area contributed by atoms with Gasteiger partial charge in [0.1, 0.15) is 6.23 Å². The lowest BCUT2D eigenvalue weighted by Gasteiger charge is -2.41. The molecule has 0 aromatic carbocycles. The molecule has 35 heavy (non-hydrogen) atoms. The minimum absolute atomic E-state index is 0.0556. The number of hydrazine groups is 1. The first-order valence-electron chi connectivity index (χ1n) is 13.1. The van der Waals surface area contributed by atoms with Crippen LogP contribution in [0.4, 0.5) is 13.2 Å². The lowest BCUT2D eigenvalue weighted by atomic mass is 9.76. The molecule has 0 aromatic rings. The number of amides is 2. The third kappa shape index (κ3) is 7.28. The lowest BCUT2D eigenvalue weighted by Crippen LogP contribution is -2.64. The molecule has 0 spiro atoms. The summed E-state index contributed by atoms with van der Waals surface area (Å²) < 4.78 is 38.6. The summed E-state index contributed by atoms with van der Waals surface area (Å²) in [6.07, 6.45) is 2.58. The molecule has 9 nitrogen and oxygen atoms in total. The zero-order valence-electron chi connectivity index (χ0n) is 20.1. The SMILES string of the molecule is O=C(CCC1NC(C2CCC(C(F)(F)F)CC2)NO1)NCCCNC1NNC(=O)C2CCCCC12. The number of halogens is 3. The highest BCUT2D eigenvalue weighted by Crippen LogP contribution is 2.40. The first-order valence-corrected chi connectivity index (χ1v) is 13.1. The number of rotatable bonds is 9. The average molecular weight is 505 g/mol. The number of fused-ring (bicyclic) bond motifs is 1. The Kier molecular flexibility index (Phi) is 9.25. The molecule has 0 radical (unpaired) electrons. The van der Waals surface area contributed by atoms with Gasteiger partial charge in [-0.25, -0.2) is 5.43 Å². The molecule has 2 heterocycles. The minimum Gasteiger partial charge on any atom is -0.356 e. The first kappa shape index (κ1) is 26.6. The minimum atomic E-state index is -4.10. The van der Waals surface area contributed by atoms with Crippen molar-refractivity contribution in [2.24, 2.45) is 23.7 Å². The van der Waals surface area contributed by atoms with Crippen LogP contribution in [0.2, 0.25) is 0 Å². The van der Waals surface area contributed by atoms with Crippen molar-refractivity contribution in [3.8, 4) is 0 Å². The molecule has 5 atom stereocenters. The second-order valence-electron chi connectivity index (χ2n) is 10.4. The quantitative estimate of drug-likeness (QED) is 0.265. The Labute approximate surface area is 204 Å². The standard InChI is InChI=1S/C23H39F3N6O3/c24-23(25,26)15-8-6-14(7-9-15)20-29-19(35-32-20)11-10-18(33)27-12-3-13-28-21-16-4-1-2-5-17(16)22(34)31-30-21/h14-17,19-21,28-30,32H,1-13H2,(H,27,33)(H,31,34). The van der Waals surface area contributed by atoms with E-state index in [2.05, 4.69) is 32.3 Å². The molecular formula is C23H39F3N6O3. The van der Waals surface area contributed by atoms with Crippen molar-refractivity contribution in [3.63, 3.8) is 0 Å². The molecule has 2 amide bonds. The van der Waals surface area contributed by atoms with Gasteiger partial charge in [0.15, 0.2) is 0 Å². The molecule has 2 aliphatic heterocycles. The average Bonchev–Trinajstić information content (AvgIpc) is 3.33. The van der Waals surface area contributed by atoms with E-state index in [9.17, 15) is 22.8 Å². The van der Waals surface area contributed by atoms with Gasteiger partial charge >= 0.3 is 6.18 Å². The highest BCUT2D eigenvalue weighted by molar-refractivity contribution is 5.79. The van der Waals surface area contributed by atoms with E-state index in [1.165, 1.54) is 0 Å². The number of hydroxylamine groups is 1. The predicted molar refractivity (Wildman–Crippen MR) is 122 cm³/mol. The molecule has 0 aromatic heterocycles. The summed E-state index contributed by atoms with van der Waals surface area (Å²) in [6.45, 7) is 1.29. The Morgan fingerprint density at radius 2 is 1.83 bits per heavy atom. The summed E-state index contributed by atoms with van der Waals surface area (Å²) in [5.74, 6) is -0.674. The second-order valence-corrected chi connectivity index (χ2v) is 10.4. The zero-order chi connectivity index (χ0) is 24.8. The third-order valence-electron chi connectivity index (χ3n) is 8.02. The topological polar surface area (TPSA) is 116 Å². The van der Waals surface area contributed by atoms with Gasteiger partial charge in [0, 0.05) is 24.8 Å². The van der Waals surface area contributed by atoms with E-state index in [1.54, 1.807) is 0 Å². The Morgan fingerprint density at radius 3 is 2.60 bits per heavy atom. The third-order valence-corrected chi connectivity index (χ3v) is 8.02. The molecule has 2 aliphatic carbocycles. The highest BCUT2D eigenvalue weighted by Gasteiger charge is 2.43. The molecule has 5 unspecified atom stereocenters. The zero-order valence-corrected chi connectivity index (χ0v) is 20.1. The number of hydrogen-bond donors (Lipinski definition) is 6. The van der Waals surface area contributed by atoms with Crippen molar-refractivity contribution in [1.29, 1.82) is 0 Å². The van der Waals surface area contributed by atoms with E-state index < -0.39 is 12.1 Å². The summed E-state index contributed by atoms with van der Waals surface area (Å²) in [6, 6.07) is 0. The van der Waals surface area contributed by atoms with Crippen molar-refractivity contribution in [2.75, 3.05) is 13.1 Å². The largest absolute Gasteiger partial charge is 0.391 e. The van der Waals surface area contributed by atoms with Crippen molar-refractivity contribution in [1.82, 2.24) is 32.3 Å². The number of carbonyl (C=O) groups is 2. The van der Waals surface area contributed by atoms with E-state index >= 15 is 0 Å². The number of hydrogen-bond acceptors (Lipinski definition) is 7. The van der Waals surface area contributed by atoms with Gasteiger partial charge in [-0.3, -0.25) is 25.2 Å². The van der Waals surface area contributed by atoms with Crippen LogP contribution in [0.1, 0.15) is 70.6 Å². The summed E-state index contributed by atoms with van der Waals surface area (Å²) in [7, 11) is 0. The van der Waals surface area contributed by atoms with Crippen molar-refractivity contribution < 1.29 is 27.6 Å². The summed E-state index contributed by atoms with van der Waals surface area (Å²) in [4.78, 5) is 29.7. The predicted octanol–water partition coefficient (Wildman–Crippen LogP) is 1.77. The second kappa shape index (κ2) is 12.2. The maximum Gasteiger partial charge on any atom is 0.391 e. The van der Waals surface area contributed by atoms with E-state index in [0.29, 0.717) is 38.1 Å². The fraction of sp³-hybridized carbons (Fsp3) is 0.913. The van der Waals surface area contributed by atoms with Crippen LogP contribution in [0.5, 0.6) is 0 Å². The van der Waals surface area contributed by atoms with Gasteiger partial charge in [-0.15, -0.1) is 0 Å². The normalized spacial score (nSPS) is 35.9. The highest BCUT2D eigenvalue weighted by atomic mass is 19.4. The molecular weight excluding hydrogens is 465 g/mol. The Balaban J connectivity index is 1.05. The van der Waals surface area contributed by atoms with Crippen LogP contribution in [0.3, 0.4) is 0 Å². The molecule has 4 rings (SSSR count). The molecule has 0 bridgehead atoms. The Hall–Kier alpha value is -1.47. The van der Waals surface area contributed by atoms with Crippen LogP contribution in [-0.2, 0) is 14.4 Å². The van der Waals surface area contributed by atoms with E-state index in [4.69, 9.17) is 4.84 Å². The lowest BCUT2D eigenvalue weighted by molar-refractivity contribution is -0.184. The van der Waals surface area contributed by atoms with E-state index in [1.807, 2.05) is 0 Å². The molecule has 12 heteroatoms. The van der Waals surface area contributed by atoms with E-state index in [-0.39, 0.29) is 55.1 Å². The van der Waals surface area contributed by atoms with Crippen molar-refractivity contribution >= 4 is 11.8 Å². The molecule has 4 fully saturated rings. The molecule has 4 aliphatic rings. The van der Waals surface area contributed by atoms with Gasteiger partial charge in [-0.2, -0.15) is 18.7 Å². The van der Waals surface area contributed by atoms with Crippen LogP contribution < -0.4 is 32.3 Å². The van der Waals surface area contributed by atoms with Crippen LogP contribution >= 0.6 is 0 Å². The van der Waals surface area contributed by atoms with Gasteiger partial charge in [0.2, 0.25) is 11.8 Å². The maximum atomic E-state index is 12.9. The van der Waals surface area contributed by atoms with Crippen LogP contribution in [0, 0.1) is 23.7 Å². The fourth-order valence-electron chi connectivity index (χ4n) is 5.94.